The maximum absolute atomic E-state index is 13.2. The van der Waals surface area contributed by atoms with E-state index in [9.17, 15) is 13.6 Å². The van der Waals surface area contributed by atoms with E-state index in [1.807, 2.05) is 0 Å². The lowest BCUT2D eigenvalue weighted by Gasteiger charge is -2.28. The van der Waals surface area contributed by atoms with Crippen molar-refractivity contribution in [3.05, 3.63) is 29.8 Å². The summed E-state index contributed by atoms with van der Waals surface area (Å²) in [6.07, 6.45) is 0.293. The van der Waals surface area contributed by atoms with Gasteiger partial charge in [0, 0.05) is 31.2 Å². The monoisotopic (exact) mass is 299 g/mol. The van der Waals surface area contributed by atoms with Crippen LogP contribution in [0.15, 0.2) is 18.2 Å². The zero-order valence-electron chi connectivity index (χ0n) is 12.4. The normalized spacial score (nSPS) is 18.7. The van der Waals surface area contributed by atoms with Crippen LogP contribution in [0.25, 0.3) is 0 Å². The third kappa shape index (κ3) is 4.31. The van der Waals surface area contributed by atoms with E-state index < -0.39 is 29.6 Å². The molecular weight excluding hydrogens is 280 g/mol. The van der Waals surface area contributed by atoms with Crippen molar-refractivity contribution in [3.63, 3.8) is 0 Å². The van der Waals surface area contributed by atoms with Gasteiger partial charge in [-0.15, -0.1) is 0 Å². The Morgan fingerprint density at radius 1 is 1.24 bits per heavy atom. The predicted molar refractivity (Wildman–Crippen MR) is 72.9 cm³/mol. The molecule has 0 N–H and O–H groups in total. The van der Waals surface area contributed by atoms with Gasteiger partial charge in [-0.25, -0.2) is 13.6 Å². The van der Waals surface area contributed by atoms with Gasteiger partial charge >= 0.3 is 6.09 Å². The summed E-state index contributed by atoms with van der Waals surface area (Å²) in [7, 11) is 0. The number of carbonyl (C=O) groups is 1. The molecule has 0 radical (unpaired) electrons. The highest BCUT2D eigenvalue weighted by Gasteiger charge is 2.33. The Morgan fingerprint density at radius 3 is 2.43 bits per heavy atom. The van der Waals surface area contributed by atoms with Crippen LogP contribution < -0.4 is 4.74 Å². The van der Waals surface area contributed by atoms with Crippen LogP contribution in [0.4, 0.5) is 13.6 Å². The molecule has 1 aliphatic heterocycles. The van der Waals surface area contributed by atoms with Gasteiger partial charge in [0.2, 0.25) is 0 Å². The summed E-state index contributed by atoms with van der Waals surface area (Å²) in [5.74, 6) is -1.37. The van der Waals surface area contributed by atoms with Crippen LogP contribution in [0.3, 0.4) is 0 Å². The third-order valence-corrected chi connectivity index (χ3v) is 2.93. The Hall–Kier alpha value is -1.85. The van der Waals surface area contributed by atoms with Crippen LogP contribution in [-0.2, 0) is 4.74 Å². The molecule has 116 valence electrons. The van der Waals surface area contributed by atoms with Gasteiger partial charge in [-0.05, 0) is 27.2 Å². The Labute approximate surface area is 122 Å². The second-order valence-corrected chi connectivity index (χ2v) is 5.99. The summed E-state index contributed by atoms with van der Waals surface area (Å²) in [6.45, 7) is 5.83. The van der Waals surface area contributed by atoms with Gasteiger partial charge in [0.25, 0.3) is 0 Å². The predicted octanol–water partition coefficient (Wildman–Crippen LogP) is 3.70. The van der Waals surface area contributed by atoms with E-state index in [1.165, 1.54) is 4.90 Å². The fourth-order valence-electron chi connectivity index (χ4n) is 2.14. The molecule has 0 aliphatic carbocycles. The smallest absolute Gasteiger partial charge is 0.413 e. The van der Waals surface area contributed by atoms with E-state index in [0.29, 0.717) is 13.0 Å². The largest absolute Gasteiger partial charge is 0.470 e. The molecule has 0 bridgehead atoms. The van der Waals surface area contributed by atoms with Crippen LogP contribution in [0.5, 0.6) is 5.75 Å². The minimum Gasteiger partial charge on any atom is -0.470 e. The van der Waals surface area contributed by atoms with Crippen LogP contribution in [-0.4, -0.2) is 29.4 Å². The Bertz CT molecular complexity index is 508. The van der Waals surface area contributed by atoms with Gasteiger partial charge in [-0.3, -0.25) is 4.90 Å². The van der Waals surface area contributed by atoms with Gasteiger partial charge in [0.15, 0.2) is 6.23 Å². The molecule has 0 aromatic heterocycles. The molecule has 1 saturated heterocycles. The molecule has 21 heavy (non-hydrogen) atoms. The van der Waals surface area contributed by atoms with Crippen LogP contribution >= 0.6 is 0 Å². The van der Waals surface area contributed by atoms with Crippen molar-refractivity contribution in [1.82, 2.24) is 4.90 Å². The molecule has 1 heterocycles. The lowest BCUT2D eigenvalue weighted by molar-refractivity contribution is -0.00518. The van der Waals surface area contributed by atoms with Gasteiger partial charge < -0.3 is 9.47 Å². The summed E-state index contributed by atoms with van der Waals surface area (Å²) in [4.78, 5) is 13.5. The van der Waals surface area contributed by atoms with E-state index in [0.717, 1.165) is 24.6 Å². The molecule has 1 unspecified atom stereocenters. The molecular formula is C15H19F2NO3. The highest BCUT2D eigenvalue weighted by Crippen LogP contribution is 2.25. The van der Waals surface area contributed by atoms with E-state index >= 15 is 0 Å². The maximum Gasteiger partial charge on any atom is 0.413 e. The number of benzene rings is 1. The van der Waals surface area contributed by atoms with Crippen molar-refractivity contribution >= 4 is 6.09 Å². The van der Waals surface area contributed by atoms with E-state index in [2.05, 4.69) is 0 Å². The summed E-state index contributed by atoms with van der Waals surface area (Å²) >= 11 is 0. The van der Waals surface area contributed by atoms with Gasteiger partial charge in [0.05, 0.1) is 0 Å². The zero-order chi connectivity index (χ0) is 15.6. The molecule has 0 spiro atoms. The lowest BCUT2D eigenvalue weighted by atomic mass is 10.2. The van der Waals surface area contributed by atoms with Gasteiger partial charge in [-0.1, -0.05) is 0 Å². The summed E-state index contributed by atoms with van der Waals surface area (Å²) in [6, 6.07) is 2.95. The number of likely N-dealkylation sites (tertiary alicyclic amines) is 1. The number of ether oxygens (including phenoxy) is 2. The topological polar surface area (TPSA) is 38.8 Å². The van der Waals surface area contributed by atoms with E-state index in [1.54, 1.807) is 20.8 Å². The molecule has 1 atom stereocenters. The highest BCUT2D eigenvalue weighted by molar-refractivity contribution is 5.68. The fraction of sp³-hybridized carbons (Fsp3) is 0.533. The van der Waals surface area contributed by atoms with Crippen molar-refractivity contribution in [2.24, 2.45) is 0 Å². The molecule has 1 amide bonds. The molecule has 4 nitrogen and oxygen atoms in total. The Balaban J connectivity index is 2.06. The average molecular weight is 299 g/mol. The number of amides is 1. The molecule has 2 rings (SSSR count). The number of carbonyl (C=O) groups excluding carboxylic acids is 1. The molecule has 6 heteroatoms. The number of hydrogen-bond acceptors (Lipinski definition) is 3. The third-order valence-electron chi connectivity index (χ3n) is 2.93. The number of hydrogen-bond donors (Lipinski definition) is 0. The molecule has 0 saturated carbocycles. The zero-order valence-corrected chi connectivity index (χ0v) is 12.4. The van der Waals surface area contributed by atoms with Crippen LogP contribution in [0, 0.1) is 11.6 Å². The lowest BCUT2D eigenvalue weighted by Crippen LogP contribution is -2.42. The molecule has 1 aliphatic rings. The first-order valence-corrected chi connectivity index (χ1v) is 6.87. The van der Waals surface area contributed by atoms with Crippen molar-refractivity contribution < 1.29 is 23.0 Å². The first-order valence-electron chi connectivity index (χ1n) is 6.87. The van der Waals surface area contributed by atoms with Gasteiger partial charge in [-0.2, -0.15) is 0 Å². The maximum atomic E-state index is 13.2. The molecule has 1 aromatic rings. The Morgan fingerprint density at radius 2 is 1.86 bits per heavy atom. The van der Waals surface area contributed by atoms with Crippen LogP contribution in [0.2, 0.25) is 0 Å². The summed E-state index contributed by atoms with van der Waals surface area (Å²) < 4.78 is 37.1. The van der Waals surface area contributed by atoms with E-state index in [-0.39, 0.29) is 5.75 Å². The average Bonchev–Trinajstić information content (AvgIpc) is 2.73. The summed E-state index contributed by atoms with van der Waals surface area (Å²) in [5.41, 5.74) is -0.602. The SMILES string of the molecule is CC(C)(C)OC(=O)N1CCCC1Oc1cc(F)cc(F)c1. The van der Waals surface area contributed by atoms with Crippen molar-refractivity contribution in [2.75, 3.05) is 6.54 Å². The quantitative estimate of drug-likeness (QED) is 0.836. The number of halogens is 2. The second kappa shape index (κ2) is 5.87. The highest BCUT2D eigenvalue weighted by atomic mass is 19.1. The summed E-state index contributed by atoms with van der Waals surface area (Å²) in [5, 5.41) is 0. The number of nitrogens with zero attached hydrogens (tertiary/aromatic N) is 1. The van der Waals surface area contributed by atoms with E-state index in [4.69, 9.17) is 9.47 Å². The molecule has 1 fully saturated rings. The minimum atomic E-state index is -0.716. The molecule has 1 aromatic carbocycles. The number of rotatable bonds is 2. The first-order chi connectivity index (χ1) is 9.74. The standard InChI is InChI=1S/C15H19F2NO3/c1-15(2,3)21-14(19)18-6-4-5-13(18)20-12-8-10(16)7-11(17)9-12/h7-9,13H,4-6H2,1-3H3. The fourth-order valence-corrected chi connectivity index (χ4v) is 2.14. The Kier molecular flexibility index (Phi) is 4.34. The van der Waals surface area contributed by atoms with Crippen LogP contribution in [0.1, 0.15) is 33.6 Å². The van der Waals surface area contributed by atoms with Crippen molar-refractivity contribution in [1.29, 1.82) is 0 Å². The van der Waals surface area contributed by atoms with Crippen molar-refractivity contribution in [2.45, 2.75) is 45.4 Å². The second-order valence-electron chi connectivity index (χ2n) is 5.99. The van der Waals surface area contributed by atoms with Gasteiger partial charge in [0.1, 0.15) is 23.0 Å². The first kappa shape index (κ1) is 15.5. The minimum absolute atomic E-state index is 0.0629. The van der Waals surface area contributed by atoms with Crippen molar-refractivity contribution in [3.8, 4) is 5.75 Å².